The van der Waals surface area contributed by atoms with Gasteiger partial charge in [-0.2, -0.15) is 5.10 Å². The molecule has 0 amide bonds. The molecule has 5 nitrogen and oxygen atoms in total. The van der Waals surface area contributed by atoms with Gasteiger partial charge in [0, 0.05) is 6.07 Å². The highest BCUT2D eigenvalue weighted by Crippen LogP contribution is 2.10. The number of aromatic nitrogens is 2. The van der Waals surface area contributed by atoms with Crippen LogP contribution in [0.5, 0.6) is 0 Å². The summed E-state index contributed by atoms with van der Waals surface area (Å²) in [6.07, 6.45) is 1.51. The highest BCUT2D eigenvalue weighted by Gasteiger charge is 2.08. The quantitative estimate of drug-likeness (QED) is 0.908. The summed E-state index contributed by atoms with van der Waals surface area (Å²) in [6, 6.07) is 4.83. The van der Waals surface area contributed by atoms with Crippen molar-refractivity contribution in [1.29, 1.82) is 0 Å². The Labute approximate surface area is 107 Å². The molecule has 2 aromatic rings. The third kappa shape index (κ3) is 3.04. The molecule has 1 N–H and O–H groups in total. The molecule has 1 aromatic heterocycles. The highest BCUT2D eigenvalue weighted by molar-refractivity contribution is 5.87. The summed E-state index contributed by atoms with van der Waals surface area (Å²) in [5, 5.41) is 12.8. The molecule has 0 atom stereocenters. The van der Waals surface area contributed by atoms with E-state index < -0.39 is 11.8 Å². The molecule has 0 bridgehead atoms. The zero-order valence-electron chi connectivity index (χ0n) is 10.1. The van der Waals surface area contributed by atoms with Crippen molar-refractivity contribution in [3.8, 4) is 0 Å². The molecule has 0 saturated heterocycles. The Bertz CT molecular complexity index is 695. The van der Waals surface area contributed by atoms with Crippen molar-refractivity contribution in [3.05, 3.63) is 63.3 Å². The van der Waals surface area contributed by atoms with E-state index in [-0.39, 0.29) is 17.7 Å². The lowest BCUT2D eigenvalue weighted by Gasteiger charge is -2.06. The molecule has 0 unspecified atom stereocenters. The third-order valence-electron chi connectivity index (χ3n) is 2.54. The molecule has 98 valence electrons. The molecule has 0 aliphatic rings. The second kappa shape index (κ2) is 5.01. The minimum atomic E-state index is -1.22. The summed E-state index contributed by atoms with van der Waals surface area (Å²) in [4.78, 5) is 22.5. The summed E-state index contributed by atoms with van der Waals surface area (Å²) >= 11 is 0. The van der Waals surface area contributed by atoms with Gasteiger partial charge >= 0.3 is 5.97 Å². The molecule has 1 aromatic carbocycles. The van der Waals surface area contributed by atoms with Crippen LogP contribution in [0, 0.1) is 12.7 Å². The number of carboxylic acids is 1. The first kappa shape index (κ1) is 12.9. The van der Waals surface area contributed by atoms with Gasteiger partial charge in [0.1, 0.15) is 5.82 Å². The molecular weight excluding hydrogens is 251 g/mol. The van der Waals surface area contributed by atoms with Gasteiger partial charge in [0.2, 0.25) is 0 Å². The van der Waals surface area contributed by atoms with E-state index in [2.05, 4.69) is 5.10 Å². The first-order valence-electron chi connectivity index (χ1n) is 5.52. The van der Waals surface area contributed by atoms with Gasteiger partial charge in [-0.25, -0.2) is 13.9 Å². The van der Waals surface area contributed by atoms with Crippen molar-refractivity contribution in [2.24, 2.45) is 0 Å². The molecule has 19 heavy (non-hydrogen) atoms. The van der Waals surface area contributed by atoms with E-state index in [1.54, 1.807) is 6.92 Å². The molecule has 0 aliphatic heterocycles. The second-order valence-electron chi connectivity index (χ2n) is 4.18. The van der Waals surface area contributed by atoms with E-state index in [1.807, 2.05) is 0 Å². The Balaban J connectivity index is 2.38. The first-order valence-corrected chi connectivity index (χ1v) is 5.52. The summed E-state index contributed by atoms with van der Waals surface area (Å²) in [5.41, 5.74) is 0.624. The molecule has 1 heterocycles. The maximum absolute atomic E-state index is 13.3. The van der Waals surface area contributed by atoms with Gasteiger partial charge < -0.3 is 5.11 Å². The lowest BCUT2D eigenvalue weighted by atomic mass is 10.1. The lowest BCUT2D eigenvalue weighted by molar-refractivity contribution is 0.0696. The predicted molar refractivity (Wildman–Crippen MR) is 65.7 cm³/mol. The van der Waals surface area contributed by atoms with Gasteiger partial charge in [0.15, 0.2) is 0 Å². The largest absolute Gasteiger partial charge is 0.478 e. The van der Waals surface area contributed by atoms with Gasteiger partial charge in [-0.3, -0.25) is 4.79 Å². The topological polar surface area (TPSA) is 72.2 Å². The average molecular weight is 262 g/mol. The first-order chi connectivity index (χ1) is 8.95. The van der Waals surface area contributed by atoms with Gasteiger partial charge in [-0.05, 0) is 36.2 Å². The summed E-state index contributed by atoms with van der Waals surface area (Å²) in [5.74, 6) is -1.87. The van der Waals surface area contributed by atoms with Crippen LogP contribution in [0.2, 0.25) is 0 Å². The number of rotatable bonds is 3. The molecule has 2 rings (SSSR count). The Morgan fingerprint density at radius 3 is 2.74 bits per heavy atom. The smallest absolute Gasteiger partial charge is 0.335 e. The second-order valence-corrected chi connectivity index (χ2v) is 4.18. The van der Waals surface area contributed by atoms with Gasteiger partial charge in [-0.1, -0.05) is 0 Å². The van der Waals surface area contributed by atoms with Crippen LogP contribution >= 0.6 is 0 Å². The molecule has 0 fully saturated rings. The summed E-state index contributed by atoms with van der Waals surface area (Å²) in [7, 11) is 0. The minimum Gasteiger partial charge on any atom is -0.478 e. The van der Waals surface area contributed by atoms with Crippen molar-refractivity contribution in [2.45, 2.75) is 13.5 Å². The van der Waals surface area contributed by atoms with E-state index in [0.717, 1.165) is 16.3 Å². The van der Waals surface area contributed by atoms with E-state index >= 15 is 0 Å². The van der Waals surface area contributed by atoms with Crippen LogP contribution in [0.1, 0.15) is 21.5 Å². The van der Waals surface area contributed by atoms with E-state index in [4.69, 9.17) is 5.11 Å². The fourth-order valence-corrected chi connectivity index (χ4v) is 1.68. The molecular formula is C13H11FN2O3. The van der Waals surface area contributed by atoms with Gasteiger partial charge in [0.25, 0.3) is 5.56 Å². The van der Waals surface area contributed by atoms with E-state index in [1.165, 1.54) is 24.4 Å². The van der Waals surface area contributed by atoms with Crippen molar-refractivity contribution in [2.75, 3.05) is 0 Å². The van der Waals surface area contributed by atoms with Crippen LogP contribution in [0.25, 0.3) is 0 Å². The molecule has 0 aliphatic carbocycles. The number of carbonyl (C=O) groups is 1. The van der Waals surface area contributed by atoms with E-state index in [9.17, 15) is 14.0 Å². The number of benzene rings is 1. The SMILES string of the molecule is Cc1cnn(Cc2cc(F)cc(C(=O)O)c2)c(=O)c1. The number of nitrogens with zero attached hydrogens (tertiary/aromatic N) is 2. The molecule has 6 heteroatoms. The lowest BCUT2D eigenvalue weighted by Crippen LogP contribution is -2.22. The summed E-state index contributed by atoms with van der Waals surface area (Å²) < 4.78 is 14.4. The molecule has 0 radical (unpaired) electrons. The van der Waals surface area contributed by atoms with Crippen LogP contribution in [0.15, 0.2) is 35.3 Å². The van der Waals surface area contributed by atoms with Crippen molar-refractivity contribution >= 4 is 5.97 Å². The van der Waals surface area contributed by atoms with Gasteiger partial charge in [-0.15, -0.1) is 0 Å². The standard InChI is InChI=1S/C13H11FN2O3/c1-8-2-12(17)16(15-6-8)7-9-3-10(13(18)19)5-11(14)4-9/h2-6H,7H2,1H3,(H,18,19). The van der Waals surface area contributed by atoms with Crippen molar-refractivity contribution in [1.82, 2.24) is 9.78 Å². The number of aryl methyl sites for hydroxylation is 1. The molecule has 0 saturated carbocycles. The fourth-order valence-electron chi connectivity index (χ4n) is 1.68. The Hall–Kier alpha value is -2.50. The monoisotopic (exact) mass is 262 g/mol. The number of hydrogen-bond acceptors (Lipinski definition) is 3. The summed E-state index contributed by atoms with van der Waals surface area (Å²) in [6.45, 7) is 1.76. The van der Waals surface area contributed by atoms with E-state index in [0.29, 0.717) is 5.56 Å². The Kier molecular flexibility index (Phi) is 3.41. The zero-order valence-corrected chi connectivity index (χ0v) is 10.1. The highest BCUT2D eigenvalue weighted by atomic mass is 19.1. The maximum Gasteiger partial charge on any atom is 0.335 e. The third-order valence-corrected chi connectivity index (χ3v) is 2.54. The molecule has 0 spiro atoms. The number of carboxylic acid groups (broad SMARTS) is 1. The Morgan fingerprint density at radius 1 is 1.37 bits per heavy atom. The predicted octanol–water partition coefficient (Wildman–Crippen LogP) is 1.44. The van der Waals surface area contributed by atoms with Crippen LogP contribution in [-0.4, -0.2) is 20.9 Å². The minimum absolute atomic E-state index is 0.0250. The van der Waals surface area contributed by atoms with Crippen LogP contribution < -0.4 is 5.56 Å². The van der Waals surface area contributed by atoms with Crippen molar-refractivity contribution < 1.29 is 14.3 Å². The Morgan fingerprint density at radius 2 is 2.11 bits per heavy atom. The number of aromatic carboxylic acids is 1. The van der Waals surface area contributed by atoms with Crippen LogP contribution in [-0.2, 0) is 6.54 Å². The maximum atomic E-state index is 13.3. The normalized spacial score (nSPS) is 10.4. The van der Waals surface area contributed by atoms with Crippen LogP contribution in [0.3, 0.4) is 0 Å². The number of hydrogen-bond donors (Lipinski definition) is 1. The fraction of sp³-hybridized carbons (Fsp3) is 0.154. The van der Waals surface area contributed by atoms with Crippen LogP contribution in [0.4, 0.5) is 4.39 Å². The van der Waals surface area contributed by atoms with Crippen molar-refractivity contribution in [3.63, 3.8) is 0 Å². The average Bonchev–Trinajstić information content (AvgIpc) is 2.32. The van der Waals surface area contributed by atoms with Gasteiger partial charge in [0.05, 0.1) is 18.3 Å². The zero-order chi connectivity index (χ0) is 14.0. The number of halogens is 1.